The second kappa shape index (κ2) is 5.01. The van der Waals surface area contributed by atoms with Crippen molar-refractivity contribution in [3.63, 3.8) is 0 Å². The first-order valence-electron chi connectivity index (χ1n) is 7.27. The number of pyridine rings is 1. The molecule has 1 aromatic heterocycles. The van der Waals surface area contributed by atoms with Crippen LogP contribution in [-0.2, 0) is 5.54 Å². The fourth-order valence-corrected chi connectivity index (χ4v) is 2.96. The average Bonchev–Trinajstić information content (AvgIpc) is 2.49. The van der Waals surface area contributed by atoms with Crippen LogP contribution in [0.25, 0.3) is 17.3 Å². The van der Waals surface area contributed by atoms with E-state index in [2.05, 4.69) is 54.5 Å². The highest BCUT2D eigenvalue weighted by atomic mass is 14.9. The van der Waals surface area contributed by atoms with Gasteiger partial charge in [-0.05, 0) is 44.5 Å². The van der Waals surface area contributed by atoms with Crippen LogP contribution in [0.4, 0.5) is 5.82 Å². The predicted octanol–water partition coefficient (Wildman–Crippen LogP) is 3.49. The fraction of sp³-hybridized carbons (Fsp3) is 0.278. The third-order valence-corrected chi connectivity index (χ3v) is 4.47. The minimum atomic E-state index is -0.0986. The zero-order valence-corrected chi connectivity index (χ0v) is 12.8. The lowest BCUT2D eigenvalue weighted by atomic mass is 9.81. The van der Waals surface area contributed by atoms with Gasteiger partial charge in [0.15, 0.2) is 0 Å². The summed E-state index contributed by atoms with van der Waals surface area (Å²) in [6.45, 7) is 4.31. The Kier molecular flexibility index (Phi) is 3.30. The highest BCUT2D eigenvalue weighted by Gasteiger charge is 2.30. The summed E-state index contributed by atoms with van der Waals surface area (Å²) >= 11 is 0. The maximum Gasteiger partial charge on any atom is 0.131 e. The largest absolute Gasteiger partial charge is 0.383 e. The SMILES string of the molecule is CNC1(C)CC=Cc2c1cc(-c1ccccc1C)nc2N. The molecule has 1 atom stereocenters. The van der Waals surface area contributed by atoms with E-state index in [1.807, 2.05) is 19.2 Å². The molecule has 3 nitrogen and oxygen atoms in total. The van der Waals surface area contributed by atoms with Crippen LogP contribution < -0.4 is 11.1 Å². The van der Waals surface area contributed by atoms with Gasteiger partial charge in [0, 0.05) is 16.7 Å². The summed E-state index contributed by atoms with van der Waals surface area (Å²) in [5.41, 5.74) is 11.7. The van der Waals surface area contributed by atoms with Crippen LogP contribution in [0.1, 0.15) is 30.0 Å². The van der Waals surface area contributed by atoms with Crippen molar-refractivity contribution >= 4 is 11.9 Å². The number of nitrogens with two attached hydrogens (primary N) is 1. The molecular formula is C18H21N3. The molecule has 0 spiro atoms. The molecule has 0 aliphatic heterocycles. The number of hydrogen-bond donors (Lipinski definition) is 2. The van der Waals surface area contributed by atoms with Gasteiger partial charge in [-0.1, -0.05) is 36.4 Å². The number of fused-ring (bicyclic) bond motifs is 1. The number of nitrogens with zero attached hydrogens (tertiary/aromatic N) is 1. The van der Waals surface area contributed by atoms with Crippen molar-refractivity contribution in [2.45, 2.75) is 25.8 Å². The van der Waals surface area contributed by atoms with E-state index in [0.29, 0.717) is 5.82 Å². The molecular weight excluding hydrogens is 258 g/mol. The first-order valence-corrected chi connectivity index (χ1v) is 7.27. The molecule has 0 amide bonds. The van der Waals surface area contributed by atoms with E-state index in [1.54, 1.807) is 0 Å². The Bertz CT molecular complexity index is 718. The van der Waals surface area contributed by atoms with Crippen LogP contribution in [-0.4, -0.2) is 12.0 Å². The molecule has 1 heterocycles. The van der Waals surface area contributed by atoms with Gasteiger partial charge in [0.25, 0.3) is 0 Å². The maximum atomic E-state index is 6.22. The van der Waals surface area contributed by atoms with Gasteiger partial charge in [0.1, 0.15) is 5.82 Å². The molecule has 0 radical (unpaired) electrons. The number of anilines is 1. The smallest absolute Gasteiger partial charge is 0.131 e. The van der Waals surface area contributed by atoms with E-state index >= 15 is 0 Å². The Morgan fingerprint density at radius 2 is 2.05 bits per heavy atom. The number of rotatable bonds is 2. The van der Waals surface area contributed by atoms with E-state index in [-0.39, 0.29) is 5.54 Å². The molecule has 0 saturated heterocycles. The van der Waals surface area contributed by atoms with Crippen LogP contribution in [0, 0.1) is 6.92 Å². The van der Waals surface area contributed by atoms with E-state index in [0.717, 1.165) is 23.2 Å². The van der Waals surface area contributed by atoms with Crippen LogP contribution in [0.2, 0.25) is 0 Å². The predicted molar refractivity (Wildman–Crippen MR) is 88.9 cm³/mol. The third-order valence-electron chi connectivity index (χ3n) is 4.47. The number of nitrogens with one attached hydrogen (secondary N) is 1. The monoisotopic (exact) mass is 279 g/mol. The van der Waals surface area contributed by atoms with Gasteiger partial charge in [-0.3, -0.25) is 0 Å². The molecule has 1 aliphatic carbocycles. The summed E-state index contributed by atoms with van der Waals surface area (Å²) < 4.78 is 0. The van der Waals surface area contributed by atoms with Gasteiger partial charge in [-0.2, -0.15) is 0 Å². The molecule has 2 aromatic rings. The lowest BCUT2D eigenvalue weighted by Gasteiger charge is -2.33. The molecule has 1 aromatic carbocycles. The van der Waals surface area contributed by atoms with E-state index in [4.69, 9.17) is 5.73 Å². The van der Waals surface area contributed by atoms with Gasteiger partial charge < -0.3 is 11.1 Å². The summed E-state index contributed by atoms with van der Waals surface area (Å²) in [4.78, 5) is 4.62. The van der Waals surface area contributed by atoms with Crippen molar-refractivity contribution in [2.75, 3.05) is 12.8 Å². The lowest BCUT2D eigenvalue weighted by molar-refractivity contribution is 0.401. The molecule has 0 fully saturated rings. The summed E-state index contributed by atoms with van der Waals surface area (Å²) in [5.74, 6) is 0.600. The fourth-order valence-electron chi connectivity index (χ4n) is 2.96. The van der Waals surface area contributed by atoms with Gasteiger partial charge in [-0.15, -0.1) is 0 Å². The molecule has 0 bridgehead atoms. The number of aryl methyl sites for hydroxylation is 1. The Labute approximate surface area is 125 Å². The Morgan fingerprint density at radius 1 is 1.29 bits per heavy atom. The molecule has 3 N–H and O–H groups in total. The van der Waals surface area contributed by atoms with Crippen LogP contribution in [0.15, 0.2) is 36.4 Å². The van der Waals surface area contributed by atoms with Crippen molar-refractivity contribution in [2.24, 2.45) is 0 Å². The summed E-state index contributed by atoms with van der Waals surface area (Å²) in [7, 11) is 1.99. The highest BCUT2D eigenvalue weighted by Crippen LogP contribution is 2.37. The molecule has 1 aliphatic rings. The second-order valence-electron chi connectivity index (χ2n) is 5.86. The minimum Gasteiger partial charge on any atom is -0.383 e. The average molecular weight is 279 g/mol. The Balaban J connectivity index is 2.24. The number of benzene rings is 1. The number of nitrogen functional groups attached to an aromatic ring is 1. The molecule has 1 unspecified atom stereocenters. The van der Waals surface area contributed by atoms with Gasteiger partial charge in [0.2, 0.25) is 0 Å². The van der Waals surface area contributed by atoms with Crippen molar-refractivity contribution < 1.29 is 0 Å². The quantitative estimate of drug-likeness (QED) is 0.884. The number of aromatic nitrogens is 1. The zero-order valence-electron chi connectivity index (χ0n) is 12.8. The maximum absolute atomic E-state index is 6.22. The second-order valence-corrected chi connectivity index (χ2v) is 5.86. The highest BCUT2D eigenvalue weighted by molar-refractivity contribution is 5.74. The molecule has 0 saturated carbocycles. The third kappa shape index (κ3) is 2.24. The summed E-state index contributed by atoms with van der Waals surface area (Å²) in [5, 5.41) is 3.42. The van der Waals surface area contributed by atoms with Crippen LogP contribution >= 0.6 is 0 Å². The van der Waals surface area contributed by atoms with E-state index < -0.39 is 0 Å². The molecule has 108 valence electrons. The standard InChI is InChI=1S/C18H21N3/c1-12-7-4-5-8-13(12)16-11-15-14(17(19)21-16)9-6-10-18(15,2)20-3/h4-9,11,20H,10H2,1-3H3,(H2,19,21). The molecule has 21 heavy (non-hydrogen) atoms. The van der Waals surface area contributed by atoms with Crippen molar-refractivity contribution in [1.82, 2.24) is 10.3 Å². The summed E-state index contributed by atoms with van der Waals surface area (Å²) in [6, 6.07) is 10.5. The normalized spacial score (nSPS) is 20.3. The van der Waals surface area contributed by atoms with Gasteiger partial charge >= 0.3 is 0 Å². The Hall–Kier alpha value is -2.13. The minimum absolute atomic E-state index is 0.0986. The summed E-state index contributed by atoms with van der Waals surface area (Å²) in [6.07, 6.45) is 5.19. The Morgan fingerprint density at radius 3 is 2.76 bits per heavy atom. The van der Waals surface area contributed by atoms with Crippen molar-refractivity contribution in [3.05, 3.63) is 53.1 Å². The van der Waals surface area contributed by atoms with E-state index in [1.165, 1.54) is 11.1 Å². The topological polar surface area (TPSA) is 50.9 Å². The lowest BCUT2D eigenvalue weighted by Crippen LogP contribution is -2.38. The van der Waals surface area contributed by atoms with E-state index in [9.17, 15) is 0 Å². The zero-order chi connectivity index (χ0) is 15.0. The molecule has 3 heteroatoms. The first-order chi connectivity index (χ1) is 10.0. The molecule has 3 rings (SSSR count). The van der Waals surface area contributed by atoms with Crippen LogP contribution in [0.3, 0.4) is 0 Å². The van der Waals surface area contributed by atoms with Crippen molar-refractivity contribution in [1.29, 1.82) is 0 Å². The number of hydrogen-bond acceptors (Lipinski definition) is 3. The van der Waals surface area contributed by atoms with Gasteiger partial charge in [-0.25, -0.2) is 4.98 Å². The van der Waals surface area contributed by atoms with Crippen molar-refractivity contribution in [3.8, 4) is 11.3 Å². The first kappa shape index (κ1) is 13.8. The van der Waals surface area contributed by atoms with Crippen LogP contribution in [0.5, 0.6) is 0 Å². The van der Waals surface area contributed by atoms with Gasteiger partial charge in [0.05, 0.1) is 5.69 Å².